The molecule has 96 valence electrons. The molecule has 0 saturated heterocycles. The fraction of sp³-hybridized carbons (Fsp3) is 0.533. The van der Waals surface area contributed by atoms with Gasteiger partial charge >= 0.3 is 0 Å². The predicted molar refractivity (Wildman–Crippen MR) is 74.6 cm³/mol. The maximum absolute atomic E-state index is 4.77. The highest BCUT2D eigenvalue weighted by atomic mass is 15.1. The number of rotatable bonds is 5. The Morgan fingerprint density at radius 1 is 1.39 bits per heavy atom. The van der Waals surface area contributed by atoms with Crippen molar-refractivity contribution in [3.63, 3.8) is 0 Å². The minimum Gasteiger partial charge on any atom is -0.331 e. The number of aromatic nitrogens is 2. The Balaban J connectivity index is 1.86. The van der Waals surface area contributed by atoms with Gasteiger partial charge in [-0.1, -0.05) is 19.1 Å². The molecular weight excluding hydrogens is 222 g/mol. The van der Waals surface area contributed by atoms with Crippen molar-refractivity contribution in [3.8, 4) is 0 Å². The summed E-state index contributed by atoms with van der Waals surface area (Å²) in [5.41, 5.74) is 2.35. The van der Waals surface area contributed by atoms with Gasteiger partial charge in [0.25, 0.3) is 0 Å². The molecule has 1 aromatic carbocycles. The first-order chi connectivity index (χ1) is 8.79. The van der Waals surface area contributed by atoms with Gasteiger partial charge in [0.05, 0.1) is 11.0 Å². The summed E-state index contributed by atoms with van der Waals surface area (Å²) in [5.74, 6) is 2.07. The number of aryl methyl sites for hydroxylation is 1. The van der Waals surface area contributed by atoms with E-state index in [9.17, 15) is 0 Å². The first kappa shape index (κ1) is 11.7. The molecule has 2 aromatic rings. The van der Waals surface area contributed by atoms with Gasteiger partial charge in [0.15, 0.2) is 0 Å². The number of hydrogen-bond donors (Lipinski definition) is 1. The molecule has 1 unspecified atom stereocenters. The van der Waals surface area contributed by atoms with E-state index in [0.717, 1.165) is 24.4 Å². The number of imidazole rings is 1. The van der Waals surface area contributed by atoms with Crippen LogP contribution in [0.2, 0.25) is 0 Å². The molecule has 0 spiro atoms. The Morgan fingerprint density at radius 3 is 2.83 bits per heavy atom. The zero-order chi connectivity index (χ0) is 12.5. The van der Waals surface area contributed by atoms with Crippen molar-refractivity contribution in [2.45, 2.75) is 32.2 Å². The van der Waals surface area contributed by atoms with E-state index >= 15 is 0 Å². The predicted octanol–water partition coefficient (Wildman–Crippen LogP) is 2.50. The normalized spacial score (nSPS) is 17.2. The average molecular weight is 243 g/mol. The van der Waals surface area contributed by atoms with E-state index in [1.165, 1.54) is 24.2 Å². The second-order valence-corrected chi connectivity index (χ2v) is 5.28. The molecule has 1 N–H and O–H groups in total. The molecule has 0 amide bonds. The minimum atomic E-state index is 0.602. The molecule has 0 bridgehead atoms. The Bertz CT molecular complexity index is 540. The summed E-state index contributed by atoms with van der Waals surface area (Å²) < 4.78 is 2.24. The van der Waals surface area contributed by atoms with Crippen LogP contribution in [0.15, 0.2) is 24.3 Å². The fourth-order valence-corrected chi connectivity index (χ4v) is 2.74. The molecule has 1 fully saturated rings. The Kier molecular flexibility index (Phi) is 3.08. The summed E-state index contributed by atoms with van der Waals surface area (Å²) in [6, 6.07) is 8.98. The molecule has 1 heterocycles. The first-order valence-electron chi connectivity index (χ1n) is 6.93. The van der Waals surface area contributed by atoms with Crippen LogP contribution in [0.5, 0.6) is 0 Å². The van der Waals surface area contributed by atoms with E-state index < -0.39 is 0 Å². The van der Waals surface area contributed by atoms with Crippen molar-refractivity contribution in [1.29, 1.82) is 0 Å². The van der Waals surface area contributed by atoms with Crippen LogP contribution in [0.4, 0.5) is 0 Å². The quantitative estimate of drug-likeness (QED) is 0.874. The molecule has 1 aliphatic carbocycles. The first-order valence-corrected chi connectivity index (χ1v) is 6.93. The van der Waals surface area contributed by atoms with Crippen LogP contribution in [-0.4, -0.2) is 22.1 Å². The molecule has 1 aromatic heterocycles. The SMILES string of the molecule is CCNC(Cc1nc2ccccc2n1C)C1CC1. The highest BCUT2D eigenvalue weighted by Crippen LogP contribution is 2.34. The lowest BCUT2D eigenvalue weighted by molar-refractivity contribution is 0.459. The highest BCUT2D eigenvalue weighted by Gasteiger charge is 2.31. The molecule has 3 nitrogen and oxygen atoms in total. The lowest BCUT2D eigenvalue weighted by atomic mass is 10.1. The number of nitrogens with one attached hydrogen (secondary N) is 1. The Hall–Kier alpha value is -1.35. The molecular formula is C15H21N3. The van der Waals surface area contributed by atoms with Crippen LogP contribution in [0, 0.1) is 5.92 Å². The molecule has 0 aliphatic heterocycles. The third kappa shape index (κ3) is 2.15. The van der Waals surface area contributed by atoms with Gasteiger partial charge in [0, 0.05) is 19.5 Å². The molecule has 3 rings (SSSR count). The standard InChI is InChI=1S/C15H21N3/c1-3-16-13(11-8-9-11)10-15-17-12-6-4-5-7-14(12)18(15)2/h4-7,11,13,16H,3,8-10H2,1-2H3. The van der Waals surface area contributed by atoms with Crippen molar-refractivity contribution in [2.75, 3.05) is 6.54 Å². The topological polar surface area (TPSA) is 29.9 Å². The number of benzene rings is 1. The second kappa shape index (κ2) is 4.73. The average Bonchev–Trinajstić information content (AvgIpc) is 3.17. The van der Waals surface area contributed by atoms with E-state index in [1.54, 1.807) is 0 Å². The number of para-hydroxylation sites is 2. The summed E-state index contributed by atoms with van der Waals surface area (Å²) in [7, 11) is 2.13. The van der Waals surface area contributed by atoms with E-state index in [-0.39, 0.29) is 0 Å². The number of fused-ring (bicyclic) bond motifs is 1. The molecule has 1 atom stereocenters. The summed E-state index contributed by atoms with van der Waals surface area (Å²) in [6.45, 7) is 3.23. The molecule has 1 aliphatic rings. The Morgan fingerprint density at radius 2 is 2.17 bits per heavy atom. The van der Waals surface area contributed by atoms with Gasteiger partial charge in [0.2, 0.25) is 0 Å². The van der Waals surface area contributed by atoms with Gasteiger partial charge in [0.1, 0.15) is 5.82 Å². The Labute approximate surface area is 108 Å². The van der Waals surface area contributed by atoms with Crippen molar-refractivity contribution in [2.24, 2.45) is 13.0 Å². The van der Waals surface area contributed by atoms with Gasteiger partial charge in [-0.05, 0) is 37.4 Å². The van der Waals surface area contributed by atoms with Gasteiger partial charge in [-0.2, -0.15) is 0 Å². The zero-order valence-electron chi connectivity index (χ0n) is 11.2. The molecule has 18 heavy (non-hydrogen) atoms. The lowest BCUT2D eigenvalue weighted by Crippen LogP contribution is -2.33. The summed E-state index contributed by atoms with van der Waals surface area (Å²) in [5, 5.41) is 3.61. The molecule has 0 radical (unpaired) electrons. The fourth-order valence-electron chi connectivity index (χ4n) is 2.74. The molecule has 3 heteroatoms. The second-order valence-electron chi connectivity index (χ2n) is 5.28. The maximum Gasteiger partial charge on any atom is 0.111 e. The largest absolute Gasteiger partial charge is 0.331 e. The lowest BCUT2D eigenvalue weighted by Gasteiger charge is -2.16. The monoisotopic (exact) mass is 243 g/mol. The highest BCUT2D eigenvalue weighted by molar-refractivity contribution is 5.75. The van der Waals surface area contributed by atoms with Crippen LogP contribution in [0.1, 0.15) is 25.6 Å². The van der Waals surface area contributed by atoms with Crippen LogP contribution in [-0.2, 0) is 13.5 Å². The van der Waals surface area contributed by atoms with Gasteiger partial charge in [-0.15, -0.1) is 0 Å². The van der Waals surface area contributed by atoms with E-state index in [4.69, 9.17) is 4.98 Å². The summed E-state index contributed by atoms with van der Waals surface area (Å²) in [4.78, 5) is 4.77. The van der Waals surface area contributed by atoms with Gasteiger partial charge in [-0.25, -0.2) is 4.98 Å². The number of nitrogens with zero attached hydrogens (tertiary/aromatic N) is 2. The maximum atomic E-state index is 4.77. The third-order valence-corrected chi connectivity index (χ3v) is 3.94. The smallest absolute Gasteiger partial charge is 0.111 e. The molecule has 1 saturated carbocycles. The minimum absolute atomic E-state index is 0.602. The van der Waals surface area contributed by atoms with Crippen molar-refractivity contribution >= 4 is 11.0 Å². The number of likely N-dealkylation sites (N-methyl/N-ethyl adjacent to an activating group) is 1. The van der Waals surface area contributed by atoms with Crippen LogP contribution < -0.4 is 5.32 Å². The summed E-state index contributed by atoms with van der Waals surface area (Å²) >= 11 is 0. The summed E-state index contributed by atoms with van der Waals surface area (Å²) in [6.07, 6.45) is 3.80. The van der Waals surface area contributed by atoms with E-state index in [2.05, 4.69) is 48.1 Å². The van der Waals surface area contributed by atoms with Crippen LogP contribution in [0.25, 0.3) is 11.0 Å². The van der Waals surface area contributed by atoms with E-state index in [0.29, 0.717) is 6.04 Å². The van der Waals surface area contributed by atoms with Crippen LogP contribution >= 0.6 is 0 Å². The van der Waals surface area contributed by atoms with Crippen molar-refractivity contribution in [3.05, 3.63) is 30.1 Å². The van der Waals surface area contributed by atoms with Crippen molar-refractivity contribution in [1.82, 2.24) is 14.9 Å². The zero-order valence-corrected chi connectivity index (χ0v) is 11.2. The van der Waals surface area contributed by atoms with Gasteiger partial charge < -0.3 is 9.88 Å². The number of hydrogen-bond acceptors (Lipinski definition) is 2. The van der Waals surface area contributed by atoms with Crippen molar-refractivity contribution < 1.29 is 0 Å². The van der Waals surface area contributed by atoms with Gasteiger partial charge in [-0.3, -0.25) is 0 Å². The van der Waals surface area contributed by atoms with Crippen LogP contribution in [0.3, 0.4) is 0 Å². The third-order valence-electron chi connectivity index (χ3n) is 3.94. The van der Waals surface area contributed by atoms with E-state index in [1.807, 2.05) is 0 Å².